The second kappa shape index (κ2) is 4.17. The van der Waals surface area contributed by atoms with Gasteiger partial charge in [0.2, 0.25) is 0 Å². The monoisotopic (exact) mass is 182 g/mol. The molecule has 0 aliphatic heterocycles. The lowest BCUT2D eigenvalue weighted by atomic mass is 10.1. The van der Waals surface area contributed by atoms with Gasteiger partial charge in [-0.25, -0.2) is 8.78 Å². The minimum Gasteiger partial charge on any atom is -0.207 e. The van der Waals surface area contributed by atoms with Crippen LogP contribution in [0.1, 0.15) is 18.9 Å². The van der Waals surface area contributed by atoms with Crippen molar-refractivity contribution in [2.45, 2.75) is 19.8 Å². The summed E-state index contributed by atoms with van der Waals surface area (Å²) in [5.74, 6) is -1.00. The molecule has 0 aliphatic rings. The van der Waals surface area contributed by atoms with Crippen molar-refractivity contribution in [1.29, 1.82) is 0 Å². The Morgan fingerprint density at radius 2 is 2.08 bits per heavy atom. The van der Waals surface area contributed by atoms with Crippen LogP contribution in [0, 0.1) is 11.6 Å². The number of allylic oxidation sites excluding steroid dienone is 1. The molecule has 2 heteroatoms. The summed E-state index contributed by atoms with van der Waals surface area (Å²) in [4.78, 5) is 0. The van der Waals surface area contributed by atoms with Crippen molar-refractivity contribution >= 4 is 0 Å². The van der Waals surface area contributed by atoms with E-state index >= 15 is 0 Å². The van der Waals surface area contributed by atoms with Gasteiger partial charge in [-0.2, -0.15) is 0 Å². The number of rotatable bonds is 3. The quantitative estimate of drug-likeness (QED) is 0.628. The fourth-order valence-corrected chi connectivity index (χ4v) is 1.07. The second-order valence-electron chi connectivity index (χ2n) is 3.19. The summed E-state index contributed by atoms with van der Waals surface area (Å²) in [6, 6.07) is 3.66. The lowest BCUT2D eigenvalue weighted by Gasteiger charge is -2.02. The third-order valence-corrected chi connectivity index (χ3v) is 1.84. The zero-order valence-corrected chi connectivity index (χ0v) is 7.61. The van der Waals surface area contributed by atoms with E-state index in [2.05, 4.69) is 6.58 Å². The summed E-state index contributed by atoms with van der Waals surface area (Å²) >= 11 is 0. The number of halogens is 2. The largest absolute Gasteiger partial charge is 0.207 e. The minimum absolute atomic E-state index is 0.471. The molecule has 1 aromatic carbocycles. The molecule has 1 rings (SSSR count). The first-order chi connectivity index (χ1) is 6.09. The Bertz CT molecular complexity index is 316. The predicted octanol–water partition coefficient (Wildman–Crippen LogP) is 3.47. The fraction of sp³-hybridized carbons (Fsp3) is 0.273. The van der Waals surface area contributed by atoms with Crippen LogP contribution in [0.25, 0.3) is 0 Å². The van der Waals surface area contributed by atoms with E-state index in [-0.39, 0.29) is 0 Å². The van der Waals surface area contributed by atoms with Crippen LogP contribution in [0.2, 0.25) is 0 Å². The molecule has 1 aromatic rings. The molecule has 70 valence electrons. The molecule has 0 radical (unpaired) electrons. The van der Waals surface area contributed by atoms with E-state index in [4.69, 9.17) is 0 Å². The van der Waals surface area contributed by atoms with Crippen molar-refractivity contribution in [1.82, 2.24) is 0 Å². The van der Waals surface area contributed by atoms with Gasteiger partial charge in [-0.1, -0.05) is 11.6 Å². The van der Waals surface area contributed by atoms with Crippen molar-refractivity contribution in [2.24, 2.45) is 0 Å². The predicted molar refractivity (Wildman–Crippen MR) is 49.5 cm³/mol. The van der Waals surface area contributed by atoms with Crippen LogP contribution in [-0.4, -0.2) is 0 Å². The number of aryl methyl sites for hydroxylation is 1. The van der Waals surface area contributed by atoms with E-state index in [1.807, 2.05) is 6.92 Å². The maximum absolute atomic E-state index is 13.0. The van der Waals surface area contributed by atoms with Crippen molar-refractivity contribution in [3.05, 3.63) is 47.5 Å². The molecule has 0 spiro atoms. The van der Waals surface area contributed by atoms with Crippen LogP contribution in [0.4, 0.5) is 8.78 Å². The van der Waals surface area contributed by atoms with Gasteiger partial charge in [-0.3, -0.25) is 0 Å². The van der Waals surface area contributed by atoms with Gasteiger partial charge in [0.15, 0.2) is 0 Å². The number of hydrogen-bond donors (Lipinski definition) is 0. The molecule has 0 nitrogen and oxygen atoms in total. The van der Waals surface area contributed by atoms with Gasteiger partial charge in [-0.15, -0.1) is 6.58 Å². The Balaban J connectivity index is 2.72. The molecule has 0 saturated carbocycles. The smallest absolute Gasteiger partial charge is 0.129 e. The Morgan fingerprint density at radius 1 is 1.38 bits per heavy atom. The Morgan fingerprint density at radius 3 is 2.62 bits per heavy atom. The van der Waals surface area contributed by atoms with E-state index in [0.717, 1.165) is 18.1 Å². The van der Waals surface area contributed by atoms with Crippen LogP contribution >= 0.6 is 0 Å². The number of benzene rings is 1. The Labute approximate surface area is 76.9 Å². The van der Waals surface area contributed by atoms with Gasteiger partial charge < -0.3 is 0 Å². The standard InChI is InChI=1S/C11H12F2/c1-8(2)3-4-9-5-6-10(12)7-11(9)13/h5-7H,1,3-4H2,2H3. The third kappa shape index (κ3) is 2.98. The average Bonchev–Trinajstić information content (AvgIpc) is 2.02. The SMILES string of the molecule is C=C(C)CCc1ccc(F)cc1F. The maximum Gasteiger partial charge on any atom is 0.129 e. The van der Waals surface area contributed by atoms with Gasteiger partial charge in [0.05, 0.1) is 0 Å². The van der Waals surface area contributed by atoms with Gasteiger partial charge in [0, 0.05) is 6.07 Å². The molecule has 0 atom stereocenters. The molecular formula is C11H12F2. The van der Waals surface area contributed by atoms with Gasteiger partial charge in [0.1, 0.15) is 11.6 Å². The summed E-state index contributed by atoms with van der Waals surface area (Å²) in [6.45, 7) is 5.61. The average molecular weight is 182 g/mol. The van der Waals surface area contributed by atoms with E-state index in [0.29, 0.717) is 12.0 Å². The zero-order valence-electron chi connectivity index (χ0n) is 7.61. The summed E-state index contributed by atoms with van der Waals surface area (Å²) < 4.78 is 25.5. The van der Waals surface area contributed by atoms with E-state index in [1.54, 1.807) is 0 Å². The summed E-state index contributed by atoms with van der Waals surface area (Å²) in [5, 5.41) is 0. The lowest BCUT2D eigenvalue weighted by molar-refractivity contribution is 0.571. The molecule has 0 fully saturated rings. The molecule has 0 heterocycles. The molecule has 13 heavy (non-hydrogen) atoms. The third-order valence-electron chi connectivity index (χ3n) is 1.84. The highest BCUT2D eigenvalue weighted by Crippen LogP contribution is 2.13. The minimum atomic E-state index is -0.531. The van der Waals surface area contributed by atoms with E-state index in [9.17, 15) is 8.78 Å². The fourth-order valence-electron chi connectivity index (χ4n) is 1.07. The van der Waals surface area contributed by atoms with Gasteiger partial charge in [0.25, 0.3) is 0 Å². The molecule has 0 unspecified atom stereocenters. The highest BCUT2D eigenvalue weighted by Gasteiger charge is 2.02. The highest BCUT2D eigenvalue weighted by atomic mass is 19.1. The van der Waals surface area contributed by atoms with Crippen molar-refractivity contribution in [3.63, 3.8) is 0 Å². The first kappa shape index (κ1) is 9.90. The highest BCUT2D eigenvalue weighted by molar-refractivity contribution is 5.19. The molecule has 0 bridgehead atoms. The van der Waals surface area contributed by atoms with E-state index < -0.39 is 11.6 Å². The summed E-state index contributed by atoms with van der Waals surface area (Å²) in [5.41, 5.74) is 1.55. The van der Waals surface area contributed by atoms with Crippen molar-refractivity contribution < 1.29 is 8.78 Å². The van der Waals surface area contributed by atoms with Gasteiger partial charge in [-0.05, 0) is 31.4 Å². The van der Waals surface area contributed by atoms with Crippen molar-refractivity contribution in [2.75, 3.05) is 0 Å². The zero-order chi connectivity index (χ0) is 9.84. The topological polar surface area (TPSA) is 0 Å². The molecular weight excluding hydrogens is 170 g/mol. The van der Waals surface area contributed by atoms with Crippen molar-refractivity contribution in [3.8, 4) is 0 Å². The maximum atomic E-state index is 13.0. The van der Waals surface area contributed by atoms with Crippen LogP contribution in [-0.2, 0) is 6.42 Å². The van der Waals surface area contributed by atoms with Crippen LogP contribution < -0.4 is 0 Å². The van der Waals surface area contributed by atoms with Crippen LogP contribution in [0.15, 0.2) is 30.4 Å². The summed E-state index contributed by atoms with van der Waals surface area (Å²) in [6.07, 6.45) is 1.32. The lowest BCUT2D eigenvalue weighted by Crippen LogP contribution is -1.92. The molecule has 0 amide bonds. The Kier molecular flexibility index (Phi) is 3.18. The second-order valence-corrected chi connectivity index (χ2v) is 3.19. The first-order valence-electron chi connectivity index (χ1n) is 4.18. The first-order valence-corrected chi connectivity index (χ1v) is 4.18. The molecule has 0 N–H and O–H groups in total. The number of hydrogen-bond acceptors (Lipinski definition) is 0. The Hall–Kier alpha value is -1.18. The normalized spacial score (nSPS) is 10.1. The molecule has 0 aromatic heterocycles. The molecule has 0 aliphatic carbocycles. The van der Waals surface area contributed by atoms with E-state index in [1.165, 1.54) is 12.1 Å². The molecule has 0 saturated heterocycles. The van der Waals surface area contributed by atoms with Gasteiger partial charge >= 0.3 is 0 Å². The van der Waals surface area contributed by atoms with Crippen LogP contribution in [0.3, 0.4) is 0 Å². The van der Waals surface area contributed by atoms with Crippen LogP contribution in [0.5, 0.6) is 0 Å². The summed E-state index contributed by atoms with van der Waals surface area (Å²) in [7, 11) is 0.